The van der Waals surface area contributed by atoms with Gasteiger partial charge in [-0.3, -0.25) is 10.2 Å². The van der Waals surface area contributed by atoms with E-state index >= 15 is 0 Å². The van der Waals surface area contributed by atoms with E-state index in [2.05, 4.69) is 10.7 Å². The summed E-state index contributed by atoms with van der Waals surface area (Å²) in [6.45, 7) is 9.08. The van der Waals surface area contributed by atoms with Crippen molar-refractivity contribution in [3.63, 3.8) is 0 Å². The zero-order valence-electron chi connectivity index (χ0n) is 19.7. The molecule has 1 atom stereocenters. The highest BCUT2D eigenvalue weighted by atomic mass is 16.6. The molecular weight excluding hydrogens is 434 g/mol. The summed E-state index contributed by atoms with van der Waals surface area (Å²) in [5.41, 5.74) is 2.85. The summed E-state index contributed by atoms with van der Waals surface area (Å²) in [6.07, 6.45) is -1.61. The molecule has 0 heterocycles. The van der Waals surface area contributed by atoms with Crippen LogP contribution in [0.2, 0.25) is 0 Å². The van der Waals surface area contributed by atoms with Crippen molar-refractivity contribution in [1.82, 2.24) is 15.8 Å². The van der Waals surface area contributed by atoms with Crippen molar-refractivity contribution >= 4 is 23.9 Å². The fourth-order valence-electron chi connectivity index (χ4n) is 2.55. The molecule has 0 radical (unpaired) electrons. The Labute approximate surface area is 193 Å². The molecule has 0 saturated heterocycles. The summed E-state index contributed by atoms with van der Waals surface area (Å²) in [5, 5.41) is 12.8. The van der Waals surface area contributed by atoms with Gasteiger partial charge in [-0.05, 0) is 39.3 Å². The van der Waals surface area contributed by atoms with Crippen molar-refractivity contribution in [2.24, 2.45) is 0 Å². The molecule has 0 aromatic heterocycles. The number of hydrogen-bond acceptors (Lipinski definition) is 8. The Kier molecular flexibility index (Phi) is 11.1. The van der Waals surface area contributed by atoms with Crippen molar-refractivity contribution in [3.8, 4) is 5.75 Å². The second-order valence-corrected chi connectivity index (χ2v) is 8.16. The number of aliphatic carboxylic acids is 1. The number of carboxylic acids is 1. The molecule has 0 aliphatic heterocycles. The molecule has 184 valence electrons. The van der Waals surface area contributed by atoms with Gasteiger partial charge in [0.1, 0.15) is 18.0 Å². The van der Waals surface area contributed by atoms with E-state index in [9.17, 15) is 19.2 Å². The predicted octanol–water partition coefficient (Wildman–Crippen LogP) is 1.64. The summed E-state index contributed by atoms with van der Waals surface area (Å²) in [6, 6.07) is 7.21. The first kappa shape index (κ1) is 27.7. The van der Waals surface area contributed by atoms with E-state index in [1.165, 1.54) is 5.01 Å². The van der Waals surface area contributed by atoms with Crippen LogP contribution in [0.3, 0.4) is 0 Å². The molecule has 33 heavy (non-hydrogen) atoms. The van der Waals surface area contributed by atoms with Crippen molar-refractivity contribution in [2.45, 2.75) is 52.7 Å². The number of amides is 2. The lowest BCUT2D eigenvalue weighted by Gasteiger charge is -2.26. The maximum atomic E-state index is 12.2. The number of alkyl carbamates (subject to hydrolysis) is 1. The molecule has 0 fully saturated rings. The normalized spacial score (nSPS) is 11.9. The molecule has 1 aromatic rings. The molecule has 0 aliphatic rings. The lowest BCUT2D eigenvalue weighted by atomic mass is 10.2. The zero-order valence-corrected chi connectivity index (χ0v) is 19.7. The number of rotatable bonds is 11. The number of hydrazine groups is 1. The van der Waals surface area contributed by atoms with E-state index in [0.29, 0.717) is 12.3 Å². The third-order valence-corrected chi connectivity index (χ3v) is 4.08. The smallest absolute Gasteiger partial charge is 0.417 e. The molecule has 11 heteroatoms. The summed E-state index contributed by atoms with van der Waals surface area (Å²) in [5.74, 6) is -2.97. The van der Waals surface area contributed by atoms with E-state index in [4.69, 9.17) is 19.3 Å². The van der Waals surface area contributed by atoms with E-state index < -0.39 is 35.6 Å². The van der Waals surface area contributed by atoms with Crippen LogP contribution in [0.1, 0.15) is 39.7 Å². The molecule has 2 amide bonds. The van der Waals surface area contributed by atoms with Crippen LogP contribution in [0, 0.1) is 6.92 Å². The molecular formula is C22H33N3O8. The average Bonchev–Trinajstić information content (AvgIpc) is 2.70. The number of para-hydroxylation sites is 1. The van der Waals surface area contributed by atoms with Crippen LogP contribution in [0.25, 0.3) is 0 Å². The van der Waals surface area contributed by atoms with Crippen LogP contribution in [0.4, 0.5) is 4.79 Å². The number of esters is 1. The highest BCUT2D eigenvalue weighted by Crippen LogP contribution is 2.16. The maximum Gasteiger partial charge on any atom is 0.417 e. The summed E-state index contributed by atoms with van der Waals surface area (Å²) in [7, 11) is 0. The Morgan fingerprint density at radius 2 is 1.82 bits per heavy atom. The second kappa shape index (κ2) is 13.3. The van der Waals surface area contributed by atoms with Gasteiger partial charge in [0.25, 0.3) is 0 Å². The standard InChI is InChI=1S/C22H33N3O8/c1-6-25(24-18(26)11-12-23-21(30)33-22(3,4)5)13-16(32-20(29)19(27)28)14-31-17-10-8-7-9-15(17)2/h7-10,16H,6,11-14H2,1-5H3,(H,23,30)(H,24,26)(H,27,28). The largest absolute Gasteiger partial charge is 0.489 e. The first-order valence-corrected chi connectivity index (χ1v) is 10.5. The van der Waals surface area contributed by atoms with Crippen molar-refractivity contribution in [1.29, 1.82) is 0 Å². The number of aryl methyl sites for hydroxylation is 1. The van der Waals surface area contributed by atoms with Crippen LogP contribution in [-0.4, -0.2) is 72.0 Å². The van der Waals surface area contributed by atoms with Gasteiger partial charge in [-0.15, -0.1) is 0 Å². The number of carbonyl (C=O) groups is 4. The van der Waals surface area contributed by atoms with Gasteiger partial charge in [0, 0.05) is 19.5 Å². The van der Waals surface area contributed by atoms with Crippen LogP contribution < -0.4 is 15.5 Å². The molecule has 0 saturated carbocycles. The van der Waals surface area contributed by atoms with Gasteiger partial charge in [-0.2, -0.15) is 0 Å². The number of hydrogen-bond donors (Lipinski definition) is 3. The first-order chi connectivity index (χ1) is 15.4. The number of nitrogens with one attached hydrogen (secondary N) is 2. The molecule has 1 aromatic carbocycles. The average molecular weight is 468 g/mol. The number of ether oxygens (including phenoxy) is 3. The van der Waals surface area contributed by atoms with Gasteiger partial charge in [0.05, 0.1) is 6.54 Å². The maximum absolute atomic E-state index is 12.2. The second-order valence-electron chi connectivity index (χ2n) is 8.16. The quantitative estimate of drug-likeness (QED) is 0.251. The highest BCUT2D eigenvalue weighted by Gasteiger charge is 2.24. The Bertz CT molecular complexity index is 822. The van der Waals surface area contributed by atoms with E-state index in [0.717, 1.165) is 5.56 Å². The third kappa shape index (κ3) is 11.7. The summed E-state index contributed by atoms with van der Waals surface area (Å²) < 4.78 is 15.8. The minimum Gasteiger partial charge on any atom is -0.489 e. The monoisotopic (exact) mass is 467 g/mol. The summed E-state index contributed by atoms with van der Waals surface area (Å²) >= 11 is 0. The topological polar surface area (TPSA) is 144 Å². The number of likely N-dealkylation sites (N-methyl/N-ethyl adjacent to an activating group) is 1. The Balaban J connectivity index is 2.64. The SMILES string of the molecule is CCN(CC(COc1ccccc1C)OC(=O)C(=O)O)NC(=O)CCNC(=O)OC(C)(C)C. The fourth-order valence-corrected chi connectivity index (χ4v) is 2.55. The number of carbonyl (C=O) groups excluding carboxylic acids is 3. The fraction of sp³-hybridized carbons (Fsp3) is 0.545. The Morgan fingerprint density at radius 1 is 1.15 bits per heavy atom. The van der Waals surface area contributed by atoms with Crippen molar-refractivity contribution < 1.29 is 38.5 Å². The third-order valence-electron chi connectivity index (χ3n) is 4.08. The minimum atomic E-state index is -1.73. The van der Waals surface area contributed by atoms with Crippen molar-refractivity contribution in [2.75, 3.05) is 26.2 Å². The van der Waals surface area contributed by atoms with E-state index in [1.54, 1.807) is 39.8 Å². The lowest BCUT2D eigenvalue weighted by Crippen LogP contribution is -2.49. The number of nitrogens with zero attached hydrogens (tertiary/aromatic N) is 1. The summed E-state index contributed by atoms with van der Waals surface area (Å²) in [4.78, 5) is 46.4. The van der Waals surface area contributed by atoms with Crippen LogP contribution in [0.5, 0.6) is 5.75 Å². The molecule has 1 rings (SSSR count). The van der Waals surface area contributed by atoms with Gasteiger partial charge >= 0.3 is 18.0 Å². The molecule has 0 aliphatic carbocycles. The molecule has 1 unspecified atom stereocenters. The molecule has 0 spiro atoms. The molecule has 3 N–H and O–H groups in total. The van der Waals surface area contributed by atoms with Gasteiger partial charge in [0.2, 0.25) is 5.91 Å². The number of carboxylic acid groups (broad SMARTS) is 1. The van der Waals surface area contributed by atoms with Gasteiger partial charge in [0.15, 0.2) is 6.10 Å². The first-order valence-electron chi connectivity index (χ1n) is 10.5. The lowest BCUT2D eigenvalue weighted by molar-refractivity contribution is -0.169. The van der Waals surface area contributed by atoms with Gasteiger partial charge in [-0.1, -0.05) is 25.1 Å². The highest BCUT2D eigenvalue weighted by molar-refractivity contribution is 6.28. The van der Waals surface area contributed by atoms with E-state index in [1.807, 2.05) is 19.1 Å². The van der Waals surface area contributed by atoms with Crippen LogP contribution >= 0.6 is 0 Å². The van der Waals surface area contributed by atoms with Gasteiger partial charge in [-0.25, -0.2) is 19.4 Å². The minimum absolute atomic E-state index is 0.00731. The molecule has 11 nitrogen and oxygen atoms in total. The predicted molar refractivity (Wildman–Crippen MR) is 118 cm³/mol. The Morgan fingerprint density at radius 3 is 2.39 bits per heavy atom. The molecule has 0 bridgehead atoms. The van der Waals surface area contributed by atoms with Gasteiger partial charge < -0.3 is 24.6 Å². The Hall–Kier alpha value is -3.34. The van der Waals surface area contributed by atoms with Crippen LogP contribution in [0.15, 0.2) is 24.3 Å². The zero-order chi connectivity index (χ0) is 25.0. The van der Waals surface area contributed by atoms with Crippen LogP contribution in [-0.2, 0) is 23.9 Å². The number of benzene rings is 1. The van der Waals surface area contributed by atoms with E-state index in [-0.39, 0.29) is 26.1 Å². The van der Waals surface area contributed by atoms with Crippen molar-refractivity contribution in [3.05, 3.63) is 29.8 Å².